The highest BCUT2D eigenvalue weighted by molar-refractivity contribution is 5.77. The van der Waals surface area contributed by atoms with Crippen molar-refractivity contribution in [3.8, 4) is 5.75 Å². The average Bonchev–Trinajstić information content (AvgIpc) is 3.12. The molecule has 0 atom stereocenters. The highest BCUT2D eigenvalue weighted by Gasteiger charge is 2.15. The molecule has 0 aliphatic carbocycles. The van der Waals surface area contributed by atoms with Crippen molar-refractivity contribution in [3.05, 3.63) is 59.9 Å². The summed E-state index contributed by atoms with van der Waals surface area (Å²) in [4.78, 5) is 22.7. The van der Waals surface area contributed by atoms with Crippen molar-refractivity contribution in [2.24, 2.45) is 0 Å². The SMILES string of the molecule is CCCCN(Cc1cccc(OC)c1)C(=O)CCc1nc2ccccc2[nH]1. The lowest BCUT2D eigenvalue weighted by Crippen LogP contribution is -2.31. The van der Waals surface area contributed by atoms with E-state index in [0.29, 0.717) is 19.4 Å². The molecule has 5 heteroatoms. The van der Waals surface area contributed by atoms with Crippen molar-refractivity contribution < 1.29 is 9.53 Å². The van der Waals surface area contributed by atoms with Crippen molar-refractivity contribution in [1.82, 2.24) is 14.9 Å². The van der Waals surface area contributed by atoms with Crippen molar-refractivity contribution in [3.63, 3.8) is 0 Å². The Morgan fingerprint density at radius 3 is 2.81 bits per heavy atom. The van der Waals surface area contributed by atoms with Gasteiger partial charge in [-0.2, -0.15) is 0 Å². The van der Waals surface area contributed by atoms with Gasteiger partial charge in [-0.05, 0) is 36.2 Å². The first-order valence-corrected chi connectivity index (χ1v) is 9.54. The predicted molar refractivity (Wildman–Crippen MR) is 108 cm³/mol. The van der Waals surface area contributed by atoms with Gasteiger partial charge < -0.3 is 14.6 Å². The summed E-state index contributed by atoms with van der Waals surface area (Å²) in [5, 5.41) is 0. The van der Waals surface area contributed by atoms with E-state index in [1.165, 1.54) is 0 Å². The van der Waals surface area contributed by atoms with Gasteiger partial charge in [0.15, 0.2) is 0 Å². The maximum Gasteiger partial charge on any atom is 0.223 e. The Labute approximate surface area is 160 Å². The number of ether oxygens (including phenoxy) is 1. The van der Waals surface area contributed by atoms with Crippen molar-refractivity contribution in [2.75, 3.05) is 13.7 Å². The highest BCUT2D eigenvalue weighted by Crippen LogP contribution is 2.16. The van der Waals surface area contributed by atoms with E-state index in [9.17, 15) is 4.79 Å². The first kappa shape index (κ1) is 19.0. The Hall–Kier alpha value is -2.82. The zero-order valence-corrected chi connectivity index (χ0v) is 16.1. The fourth-order valence-electron chi connectivity index (χ4n) is 3.14. The molecule has 0 spiro atoms. The molecule has 1 aromatic heterocycles. The fourth-order valence-corrected chi connectivity index (χ4v) is 3.14. The number of fused-ring (bicyclic) bond motifs is 1. The van der Waals surface area contributed by atoms with E-state index in [1.807, 2.05) is 53.4 Å². The van der Waals surface area contributed by atoms with E-state index in [0.717, 1.165) is 47.6 Å². The largest absolute Gasteiger partial charge is 0.497 e. The molecular formula is C22H27N3O2. The van der Waals surface area contributed by atoms with E-state index in [1.54, 1.807) is 7.11 Å². The molecule has 1 amide bonds. The van der Waals surface area contributed by atoms with Crippen LogP contribution in [0.5, 0.6) is 5.75 Å². The van der Waals surface area contributed by atoms with Crippen molar-refractivity contribution in [2.45, 2.75) is 39.2 Å². The topological polar surface area (TPSA) is 58.2 Å². The highest BCUT2D eigenvalue weighted by atomic mass is 16.5. The van der Waals surface area contributed by atoms with Crippen LogP contribution in [0.25, 0.3) is 11.0 Å². The quantitative estimate of drug-likeness (QED) is 0.614. The van der Waals surface area contributed by atoms with E-state index in [2.05, 4.69) is 16.9 Å². The van der Waals surface area contributed by atoms with E-state index >= 15 is 0 Å². The number of methoxy groups -OCH3 is 1. The maximum atomic E-state index is 12.8. The van der Waals surface area contributed by atoms with Gasteiger partial charge in [0.1, 0.15) is 11.6 Å². The van der Waals surface area contributed by atoms with Gasteiger partial charge in [0, 0.05) is 25.9 Å². The molecule has 0 radical (unpaired) electrons. The summed E-state index contributed by atoms with van der Waals surface area (Å²) in [6.45, 7) is 3.52. The van der Waals surface area contributed by atoms with Gasteiger partial charge in [-0.3, -0.25) is 4.79 Å². The second-order valence-electron chi connectivity index (χ2n) is 6.72. The molecule has 1 N–H and O–H groups in total. The molecule has 5 nitrogen and oxygen atoms in total. The number of hydrogen-bond donors (Lipinski definition) is 1. The minimum Gasteiger partial charge on any atom is -0.497 e. The first-order chi connectivity index (χ1) is 13.2. The van der Waals surface area contributed by atoms with Crippen LogP contribution in [0.1, 0.15) is 37.6 Å². The number of benzene rings is 2. The van der Waals surface area contributed by atoms with Gasteiger partial charge in [-0.1, -0.05) is 37.6 Å². The number of nitrogens with zero attached hydrogens (tertiary/aromatic N) is 2. The van der Waals surface area contributed by atoms with Crippen LogP contribution in [0, 0.1) is 0 Å². The summed E-state index contributed by atoms with van der Waals surface area (Å²) in [6.07, 6.45) is 3.13. The van der Waals surface area contributed by atoms with Crippen LogP contribution in [0.4, 0.5) is 0 Å². The molecule has 0 aliphatic rings. The van der Waals surface area contributed by atoms with Gasteiger partial charge in [0.25, 0.3) is 0 Å². The molecule has 0 fully saturated rings. The summed E-state index contributed by atoms with van der Waals surface area (Å²) in [7, 11) is 1.66. The molecule has 2 aromatic carbocycles. The molecule has 27 heavy (non-hydrogen) atoms. The van der Waals surface area contributed by atoms with Gasteiger partial charge in [0.05, 0.1) is 18.1 Å². The van der Waals surface area contributed by atoms with E-state index < -0.39 is 0 Å². The summed E-state index contributed by atoms with van der Waals surface area (Å²) in [6, 6.07) is 15.8. The maximum absolute atomic E-state index is 12.8. The van der Waals surface area contributed by atoms with Crippen LogP contribution < -0.4 is 4.74 Å². The lowest BCUT2D eigenvalue weighted by Gasteiger charge is -2.23. The Kier molecular flexibility index (Phi) is 6.47. The number of hydrogen-bond acceptors (Lipinski definition) is 3. The summed E-state index contributed by atoms with van der Waals surface area (Å²) >= 11 is 0. The van der Waals surface area contributed by atoms with Crippen LogP contribution in [-0.4, -0.2) is 34.4 Å². The normalized spacial score (nSPS) is 10.9. The number of imidazole rings is 1. The average molecular weight is 365 g/mol. The number of amides is 1. The van der Waals surface area contributed by atoms with E-state index in [-0.39, 0.29) is 5.91 Å². The molecule has 0 saturated heterocycles. The zero-order chi connectivity index (χ0) is 19.1. The molecule has 3 aromatic rings. The fraction of sp³-hybridized carbons (Fsp3) is 0.364. The second kappa shape index (κ2) is 9.21. The number of rotatable bonds is 9. The number of nitrogens with one attached hydrogen (secondary N) is 1. The Bertz CT molecular complexity index is 855. The van der Waals surface area contributed by atoms with Crippen molar-refractivity contribution in [1.29, 1.82) is 0 Å². The van der Waals surface area contributed by atoms with Gasteiger partial charge in [0.2, 0.25) is 5.91 Å². The minimum atomic E-state index is 0.159. The molecule has 1 heterocycles. The molecule has 0 unspecified atom stereocenters. The molecule has 142 valence electrons. The number of unbranched alkanes of at least 4 members (excludes halogenated alkanes) is 1. The minimum absolute atomic E-state index is 0.159. The summed E-state index contributed by atoms with van der Waals surface area (Å²) in [5.74, 6) is 1.84. The lowest BCUT2D eigenvalue weighted by atomic mass is 10.1. The molecular weight excluding hydrogens is 338 g/mol. The molecule has 0 saturated carbocycles. The van der Waals surface area contributed by atoms with E-state index in [4.69, 9.17) is 4.74 Å². The number of aromatic nitrogens is 2. The number of carbonyl (C=O) groups is 1. The number of aryl methyl sites for hydroxylation is 1. The van der Waals surface area contributed by atoms with Gasteiger partial charge in [-0.25, -0.2) is 4.98 Å². The third kappa shape index (κ3) is 5.09. The predicted octanol–water partition coefficient (Wildman–Crippen LogP) is 4.33. The number of H-pyrrole nitrogens is 1. The molecule has 3 rings (SSSR count). The third-order valence-electron chi connectivity index (χ3n) is 4.66. The smallest absolute Gasteiger partial charge is 0.223 e. The molecule has 0 aliphatic heterocycles. The first-order valence-electron chi connectivity index (χ1n) is 9.54. The van der Waals surface area contributed by atoms with Crippen LogP contribution in [0.2, 0.25) is 0 Å². The van der Waals surface area contributed by atoms with Crippen LogP contribution in [0.15, 0.2) is 48.5 Å². The number of carbonyl (C=O) groups excluding carboxylic acids is 1. The third-order valence-corrected chi connectivity index (χ3v) is 4.66. The zero-order valence-electron chi connectivity index (χ0n) is 16.1. The molecule has 0 bridgehead atoms. The lowest BCUT2D eigenvalue weighted by molar-refractivity contribution is -0.131. The summed E-state index contributed by atoms with van der Waals surface area (Å²) < 4.78 is 5.30. The van der Waals surface area contributed by atoms with Crippen molar-refractivity contribution >= 4 is 16.9 Å². The van der Waals surface area contributed by atoms with Gasteiger partial charge in [-0.15, -0.1) is 0 Å². The van der Waals surface area contributed by atoms with Crippen LogP contribution in [-0.2, 0) is 17.8 Å². The standard InChI is InChI=1S/C22H27N3O2/c1-3-4-14-25(16-17-8-7-9-18(15-17)27-2)22(26)13-12-21-23-19-10-5-6-11-20(19)24-21/h5-11,15H,3-4,12-14,16H2,1-2H3,(H,23,24). The van der Waals surface area contributed by atoms with Crippen LogP contribution in [0.3, 0.4) is 0 Å². The number of para-hydroxylation sites is 2. The Balaban J connectivity index is 1.64. The van der Waals surface area contributed by atoms with Gasteiger partial charge >= 0.3 is 0 Å². The monoisotopic (exact) mass is 365 g/mol. The van der Waals surface area contributed by atoms with Crippen LogP contribution >= 0.6 is 0 Å². The Morgan fingerprint density at radius 2 is 2.04 bits per heavy atom. The number of aromatic amines is 1. The second-order valence-corrected chi connectivity index (χ2v) is 6.72. The Morgan fingerprint density at radius 1 is 1.19 bits per heavy atom. The summed E-state index contributed by atoms with van der Waals surface area (Å²) in [5.41, 5.74) is 3.04.